The van der Waals surface area contributed by atoms with E-state index in [9.17, 15) is 0 Å². The summed E-state index contributed by atoms with van der Waals surface area (Å²) in [5.74, 6) is 0. The summed E-state index contributed by atoms with van der Waals surface area (Å²) in [5.41, 5.74) is 17.5. The second kappa shape index (κ2) is 18.5. The summed E-state index contributed by atoms with van der Waals surface area (Å²) in [5, 5.41) is 22.8. The van der Waals surface area contributed by atoms with E-state index in [4.69, 9.17) is 0 Å². The SMILES string of the molecule is c1ccc2cc3c(ccc4c3c3ccccc3n4-c3ccc(-c4cc(-c5ccc(-n6c7ccccc7c7c8cc9ccccc9cc8ccc76)cc5)cc(-c5ccc(-n6c7ccccc7c7c8cc9ccccc9cc8ccc76)cc5)c4)cc3)cc2c1. The molecule has 3 aromatic heterocycles. The zero-order chi connectivity index (χ0) is 56.8. The van der Waals surface area contributed by atoms with Gasteiger partial charge in [0, 0.05) is 49.4 Å². The highest BCUT2D eigenvalue weighted by Gasteiger charge is 2.20. The molecule has 0 bridgehead atoms. The summed E-state index contributed by atoms with van der Waals surface area (Å²) in [6, 6.07) is 115. The maximum Gasteiger partial charge on any atom is 0.0547 e. The summed E-state index contributed by atoms with van der Waals surface area (Å²) in [7, 11) is 0. The summed E-state index contributed by atoms with van der Waals surface area (Å²) in [6.07, 6.45) is 0. The Hall–Kier alpha value is -11.5. The van der Waals surface area contributed by atoms with Gasteiger partial charge in [0.15, 0.2) is 0 Å². The molecule has 19 rings (SSSR count). The Kier molecular flexibility index (Phi) is 10.2. The molecule has 0 radical (unpaired) electrons. The fourth-order valence-corrected chi connectivity index (χ4v) is 14.8. The molecular weight excluding hydrogens is 1050 g/mol. The van der Waals surface area contributed by atoms with Crippen LogP contribution in [0.3, 0.4) is 0 Å². The van der Waals surface area contributed by atoms with Gasteiger partial charge in [-0.1, -0.05) is 182 Å². The fourth-order valence-electron chi connectivity index (χ4n) is 14.8. The van der Waals surface area contributed by atoms with Crippen molar-refractivity contribution in [1.82, 2.24) is 13.7 Å². The molecule has 0 N–H and O–H groups in total. The van der Waals surface area contributed by atoms with Crippen LogP contribution in [0.1, 0.15) is 0 Å². The highest BCUT2D eigenvalue weighted by molar-refractivity contribution is 6.26. The summed E-state index contributed by atoms with van der Waals surface area (Å²) < 4.78 is 7.33. The molecule has 0 aliphatic heterocycles. The van der Waals surface area contributed by atoms with Crippen LogP contribution < -0.4 is 0 Å². The van der Waals surface area contributed by atoms with Crippen molar-refractivity contribution in [2.45, 2.75) is 0 Å². The lowest BCUT2D eigenvalue weighted by atomic mass is 9.93. The van der Waals surface area contributed by atoms with E-state index in [1.807, 2.05) is 0 Å². The molecule has 0 fully saturated rings. The Morgan fingerprint density at radius 2 is 0.402 bits per heavy atom. The van der Waals surface area contributed by atoms with Gasteiger partial charge in [-0.3, -0.25) is 0 Å². The summed E-state index contributed by atoms with van der Waals surface area (Å²) in [4.78, 5) is 0. The molecule has 0 aliphatic carbocycles. The van der Waals surface area contributed by atoms with Crippen LogP contribution in [0.2, 0.25) is 0 Å². The minimum Gasteiger partial charge on any atom is -0.309 e. The van der Waals surface area contributed by atoms with E-state index in [1.165, 1.54) is 130 Å². The van der Waals surface area contributed by atoms with Crippen LogP contribution in [0.5, 0.6) is 0 Å². The first-order chi connectivity index (χ1) is 43.1. The van der Waals surface area contributed by atoms with Crippen molar-refractivity contribution in [2.75, 3.05) is 0 Å². The zero-order valence-electron chi connectivity index (χ0n) is 47.3. The first kappa shape index (κ1) is 47.9. The minimum atomic E-state index is 1.13. The lowest BCUT2D eigenvalue weighted by molar-refractivity contribution is 1.18. The first-order valence-electron chi connectivity index (χ1n) is 30.1. The number of rotatable bonds is 6. The molecule has 16 aromatic carbocycles. The van der Waals surface area contributed by atoms with Crippen molar-refractivity contribution < 1.29 is 0 Å². The standard InChI is InChI=1S/C84H51N3/c1-4-16-58-49-73-61(43-55(58)13-1)31-40-79-82(73)70-19-7-10-22-76(70)85(79)67-34-25-52(26-35-67)64-46-65(53-27-36-68(37-28-53)86-77-23-11-8-20-71(77)83-74-50-59-17-5-2-14-56(59)44-62(74)32-41-80(83)86)48-66(47-64)54-29-38-69(39-30-54)87-78-24-12-9-21-72(78)84-75-51-60-18-6-3-15-57(60)45-63(75)33-42-81(84)87/h1-51H. The third-order valence-electron chi connectivity index (χ3n) is 18.9. The molecule has 0 spiro atoms. The number of aromatic nitrogens is 3. The van der Waals surface area contributed by atoms with E-state index in [1.54, 1.807) is 0 Å². The molecule has 3 heteroatoms. The molecule has 0 amide bonds. The van der Waals surface area contributed by atoms with Crippen molar-refractivity contribution >= 4 is 130 Å². The lowest BCUT2D eigenvalue weighted by Crippen LogP contribution is -1.95. The van der Waals surface area contributed by atoms with Gasteiger partial charge in [-0.2, -0.15) is 0 Å². The first-order valence-corrected chi connectivity index (χ1v) is 30.1. The van der Waals surface area contributed by atoms with E-state index in [-0.39, 0.29) is 0 Å². The molecule has 3 heterocycles. The van der Waals surface area contributed by atoms with Gasteiger partial charge in [-0.25, -0.2) is 0 Å². The van der Waals surface area contributed by atoms with E-state index in [0.717, 1.165) is 50.4 Å². The predicted octanol–water partition coefficient (Wildman–Crippen LogP) is 22.9. The molecule has 0 atom stereocenters. The summed E-state index contributed by atoms with van der Waals surface area (Å²) in [6.45, 7) is 0. The molecule has 0 saturated carbocycles. The van der Waals surface area contributed by atoms with E-state index < -0.39 is 0 Å². The maximum atomic E-state index is 2.44. The Morgan fingerprint density at radius 1 is 0.149 bits per heavy atom. The Bertz CT molecular complexity index is 5490. The van der Waals surface area contributed by atoms with Crippen molar-refractivity contribution in [3.63, 3.8) is 0 Å². The molecule has 0 unspecified atom stereocenters. The molecule has 3 nitrogen and oxygen atoms in total. The van der Waals surface area contributed by atoms with Crippen LogP contribution in [-0.4, -0.2) is 13.7 Å². The van der Waals surface area contributed by atoms with Gasteiger partial charge in [0.2, 0.25) is 0 Å². The van der Waals surface area contributed by atoms with E-state index >= 15 is 0 Å². The molecular formula is C84H51N3. The van der Waals surface area contributed by atoms with Gasteiger partial charge in [-0.05, 0) is 225 Å². The van der Waals surface area contributed by atoms with Crippen LogP contribution in [0, 0.1) is 0 Å². The van der Waals surface area contributed by atoms with Gasteiger partial charge in [0.1, 0.15) is 0 Å². The largest absolute Gasteiger partial charge is 0.309 e. The normalized spacial score (nSPS) is 12.1. The van der Waals surface area contributed by atoms with Gasteiger partial charge >= 0.3 is 0 Å². The van der Waals surface area contributed by atoms with E-state index in [0.29, 0.717) is 0 Å². The quantitative estimate of drug-likeness (QED) is 0.147. The van der Waals surface area contributed by atoms with Crippen LogP contribution in [0.25, 0.3) is 180 Å². The number of benzene rings is 16. The van der Waals surface area contributed by atoms with Gasteiger partial charge < -0.3 is 13.7 Å². The lowest BCUT2D eigenvalue weighted by Gasteiger charge is -2.15. The Morgan fingerprint density at radius 3 is 0.690 bits per heavy atom. The maximum absolute atomic E-state index is 2.44. The van der Waals surface area contributed by atoms with E-state index in [2.05, 4.69) is 323 Å². The van der Waals surface area contributed by atoms with Crippen molar-refractivity contribution in [3.8, 4) is 50.4 Å². The third-order valence-corrected chi connectivity index (χ3v) is 18.9. The van der Waals surface area contributed by atoms with Gasteiger partial charge in [0.25, 0.3) is 0 Å². The number of hydrogen-bond acceptors (Lipinski definition) is 0. The zero-order valence-corrected chi connectivity index (χ0v) is 47.3. The van der Waals surface area contributed by atoms with Crippen LogP contribution in [0.4, 0.5) is 0 Å². The smallest absolute Gasteiger partial charge is 0.0547 e. The molecule has 0 saturated heterocycles. The Balaban J connectivity index is 0.749. The van der Waals surface area contributed by atoms with Crippen LogP contribution in [0.15, 0.2) is 309 Å². The van der Waals surface area contributed by atoms with Crippen molar-refractivity contribution in [3.05, 3.63) is 309 Å². The van der Waals surface area contributed by atoms with Crippen LogP contribution >= 0.6 is 0 Å². The number of fused-ring (bicyclic) bond motifs is 18. The van der Waals surface area contributed by atoms with Crippen LogP contribution in [-0.2, 0) is 0 Å². The van der Waals surface area contributed by atoms with Crippen molar-refractivity contribution in [1.29, 1.82) is 0 Å². The topological polar surface area (TPSA) is 14.8 Å². The highest BCUT2D eigenvalue weighted by atomic mass is 15.0. The minimum absolute atomic E-state index is 1.13. The second-order valence-electron chi connectivity index (χ2n) is 23.6. The average Bonchev–Trinajstić information content (AvgIpc) is 1.70. The highest BCUT2D eigenvalue weighted by Crippen LogP contribution is 2.44. The fraction of sp³-hybridized carbons (Fsp3) is 0. The predicted molar refractivity (Wildman–Crippen MR) is 371 cm³/mol. The molecule has 402 valence electrons. The van der Waals surface area contributed by atoms with Crippen molar-refractivity contribution in [2.24, 2.45) is 0 Å². The molecule has 87 heavy (non-hydrogen) atoms. The number of hydrogen-bond donors (Lipinski definition) is 0. The molecule has 19 aromatic rings. The number of para-hydroxylation sites is 3. The van der Waals surface area contributed by atoms with Gasteiger partial charge in [-0.15, -0.1) is 0 Å². The Labute approximate surface area is 500 Å². The molecule has 0 aliphatic rings. The average molecular weight is 1100 g/mol. The third kappa shape index (κ3) is 7.30. The van der Waals surface area contributed by atoms with Gasteiger partial charge in [0.05, 0.1) is 33.1 Å². The number of nitrogens with zero attached hydrogens (tertiary/aromatic N) is 3. The summed E-state index contributed by atoms with van der Waals surface area (Å²) >= 11 is 0. The monoisotopic (exact) mass is 1100 g/mol. The second-order valence-corrected chi connectivity index (χ2v) is 23.6.